The number of amides is 1. The second kappa shape index (κ2) is 7.81. The first-order chi connectivity index (χ1) is 12.1. The molecule has 1 N–H and O–H groups in total. The molecule has 0 aliphatic heterocycles. The summed E-state index contributed by atoms with van der Waals surface area (Å²) < 4.78 is 7.45. The maximum atomic E-state index is 12.0. The molecule has 0 aliphatic carbocycles. The van der Waals surface area contributed by atoms with Crippen molar-refractivity contribution in [3.8, 4) is 16.9 Å². The number of hydrogen-bond donors (Lipinski definition) is 1. The predicted molar refractivity (Wildman–Crippen MR) is 95.7 cm³/mol. The van der Waals surface area contributed by atoms with E-state index in [1.807, 2.05) is 37.5 Å². The van der Waals surface area contributed by atoms with Gasteiger partial charge in [-0.1, -0.05) is 23.7 Å². The van der Waals surface area contributed by atoms with Gasteiger partial charge in [0.05, 0.1) is 12.7 Å². The standard InChI is InChI=1S/C18H17ClN4O2/c1-23-12-14(11-22-23)13-3-2-4-16(9-13)25-8-7-21-18(24)17-10-15(19)5-6-20-17/h2-6,9-12H,7-8H2,1H3,(H,21,24). The number of carbonyl (C=O) groups is 1. The van der Waals surface area contributed by atoms with Gasteiger partial charge in [-0.2, -0.15) is 5.10 Å². The average molecular weight is 357 g/mol. The minimum atomic E-state index is -0.282. The number of halogens is 1. The van der Waals surface area contributed by atoms with E-state index in [0.29, 0.717) is 18.2 Å². The lowest BCUT2D eigenvalue weighted by Gasteiger charge is -2.08. The number of rotatable bonds is 6. The van der Waals surface area contributed by atoms with Crippen LogP contribution in [0.2, 0.25) is 5.02 Å². The number of nitrogens with one attached hydrogen (secondary N) is 1. The van der Waals surface area contributed by atoms with Crippen molar-refractivity contribution in [2.75, 3.05) is 13.2 Å². The Bertz CT molecular complexity index is 879. The second-order valence-corrected chi connectivity index (χ2v) is 5.83. The molecule has 25 heavy (non-hydrogen) atoms. The highest BCUT2D eigenvalue weighted by Crippen LogP contribution is 2.23. The highest BCUT2D eigenvalue weighted by atomic mass is 35.5. The third kappa shape index (κ3) is 4.58. The van der Waals surface area contributed by atoms with Crippen LogP contribution in [-0.4, -0.2) is 33.8 Å². The lowest BCUT2D eigenvalue weighted by atomic mass is 10.1. The number of carbonyl (C=O) groups excluding carboxylic acids is 1. The first kappa shape index (κ1) is 17.0. The topological polar surface area (TPSA) is 69.0 Å². The van der Waals surface area contributed by atoms with E-state index >= 15 is 0 Å². The molecule has 2 heterocycles. The van der Waals surface area contributed by atoms with Crippen LogP contribution in [0.15, 0.2) is 55.0 Å². The van der Waals surface area contributed by atoms with Gasteiger partial charge in [-0.15, -0.1) is 0 Å². The van der Waals surface area contributed by atoms with Crippen molar-refractivity contribution in [2.24, 2.45) is 7.05 Å². The fourth-order valence-electron chi connectivity index (χ4n) is 2.29. The molecule has 0 saturated carbocycles. The minimum absolute atomic E-state index is 0.282. The molecule has 2 aromatic heterocycles. The number of aryl methyl sites for hydroxylation is 1. The number of pyridine rings is 1. The molecule has 1 amide bonds. The van der Waals surface area contributed by atoms with Crippen molar-refractivity contribution in [3.63, 3.8) is 0 Å². The van der Waals surface area contributed by atoms with Gasteiger partial charge in [-0.25, -0.2) is 0 Å². The number of aromatic nitrogens is 3. The maximum absolute atomic E-state index is 12.0. The first-order valence-electron chi connectivity index (χ1n) is 7.73. The first-order valence-corrected chi connectivity index (χ1v) is 8.11. The highest BCUT2D eigenvalue weighted by molar-refractivity contribution is 6.30. The van der Waals surface area contributed by atoms with E-state index in [9.17, 15) is 4.79 Å². The molecule has 128 valence electrons. The van der Waals surface area contributed by atoms with Gasteiger partial charge in [0.1, 0.15) is 18.1 Å². The van der Waals surface area contributed by atoms with E-state index in [-0.39, 0.29) is 11.6 Å². The summed E-state index contributed by atoms with van der Waals surface area (Å²) in [5, 5.41) is 7.39. The molecule has 3 rings (SSSR count). The molecule has 1 aromatic carbocycles. The van der Waals surface area contributed by atoms with Crippen molar-refractivity contribution in [2.45, 2.75) is 0 Å². The molecule has 0 spiro atoms. The number of benzene rings is 1. The zero-order chi connectivity index (χ0) is 17.6. The zero-order valence-electron chi connectivity index (χ0n) is 13.6. The SMILES string of the molecule is Cn1cc(-c2cccc(OCCNC(=O)c3cc(Cl)ccn3)c2)cn1. The van der Waals surface area contributed by atoms with Gasteiger partial charge in [0, 0.05) is 30.0 Å². The van der Waals surface area contributed by atoms with E-state index in [0.717, 1.165) is 16.9 Å². The molecule has 0 bridgehead atoms. The summed E-state index contributed by atoms with van der Waals surface area (Å²) in [6.45, 7) is 0.715. The van der Waals surface area contributed by atoms with E-state index in [1.165, 1.54) is 12.3 Å². The van der Waals surface area contributed by atoms with Gasteiger partial charge >= 0.3 is 0 Å². The molecule has 0 aliphatic rings. The van der Waals surface area contributed by atoms with Crippen LogP contribution >= 0.6 is 11.6 Å². The van der Waals surface area contributed by atoms with Gasteiger partial charge in [-0.05, 0) is 29.8 Å². The predicted octanol–water partition coefficient (Wildman–Crippen LogP) is 2.94. The van der Waals surface area contributed by atoms with Crippen molar-refractivity contribution >= 4 is 17.5 Å². The van der Waals surface area contributed by atoms with Crippen LogP contribution in [0.5, 0.6) is 5.75 Å². The van der Waals surface area contributed by atoms with Gasteiger partial charge in [0.15, 0.2) is 0 Å². The summed E-state index contributed by atoms with van der Waals surface area (Å²) in [5.41, 5.74) is 2.33. The van der Waals surface area contributed by atoms with Crippen LogP contribution in [0.25, 0.3) is 11.1 Å². The van der Waals surface area contributed by atoms with Gasteiger partial charge in [-0.3, -0.25) is 14.5 Å². The van der Waals surface area contributed by atoms with Crippen LogP contribution in [0, 0.1) is 0 Å². The van der Waals surface area contributed by atoms with Crippen LogP contribution in [-0.2, 0) is 7.05 Å². The number of nitrogens with zero attached hydrogens (tertiary/aromatic N) is 3. The molecular formula is C18H17ClN4O2. The summed E-state index contributed by atoms with van der Waals surface area (Å²) in [5.74, 6) is 0.451. The summed E-state index contributed by atoms with van der Waals surface area (Å²) in [7, 11) is 1.88. The van der Waals surface area contributed by atoms with E-state index in [4.69, 9.17) is 16.3 Å². The van der Waals surface area contributed by atoms with Crippen LogP contribution in [0.1, 0.15) is 10.5 Å². The lowest BCUT2D eigenvalue weighted by Crippen LogP contribution is -2.28. The van der Waals surface area contributed by atoms with Crippen molar-refractivity contribution in [1.82, 2.24) is 20.1 Å². The summed E-state index contributed by atoms with van der Waals surface area (Å²) in [6.07, 6.45) is 5.24. The quantitative estimate of drug-likeness (QED) is 0.689. The summed E-state index contributed by atoms with van der Waals surface area (Å²) in [6, 6.07) is 10.9. The smallest absolute Gasteiger partial charge is 0.270 e. The van der Waals surface area contributed by atoms with Crippen LogP contribution in [0.3, 0.4) is 0 Å². The summed E-state index contributed by atoms with van der Waals surface area (Å²) in [4.78, 5) is 15.9. The molecule has 0 radical (unpaired) electrons. The Kier molecular flexibility index (Phi) is 5.30. The van der Waals surface area contributed by atoms with E-state index < -0.39 is 0 Å². The maximum Gasteiger partial charge on any atom is 0.270 e. The number of ether oxygens (including phenoxy) is 1. The largest absolute Gasteiger partial charge is 0.492 e. The highest BCUT2D eigenvalue weighted by Gasteiger charge is 2.07. The van der Waals surface area contributed by atoms with Crippen molar-refractivity contribution < 1.29 is 9.53 Å². The number of hydrogen-bond acceptors (Lipinski definition) is 4. The zero-order valence-corrected chi connectivity index (χ0v) is 14.4. The Morgan fingerprint density at radius 1 is 1.28 bits per heavy atom. The minimum Gasteiger partial charge on any atom is -0.492 e. The van der Waals surface area contributed by atoms with E-state index in [1.54, 1.807) is 16.9 Å². The van der Waals surface area contributed by atoms with Gasteiger partial charge in [0.25, 0.3) is 5.91 Å². The second-order valence-electron chi connectivity index (χ2n) is 5.39. The Balaban J connectivity index is 1.51. The van der Waals surface area contributed by atoms with Crippen LogP contribution in [0.4, 0.5) is 0 Å². The fourth-order valence-corrected chi connectivity index (χ4v) is 2.45. The van der Waals surface area contributed by atoms with E-state index in [2.05, 4.69) is 15.4 Å². The Hall–Kier alpha value is -2.86. The monoisotopic (exact) mass is 356 g/mol. The fraction of sp³-hybridized carbons (Fsp3) is 0.167. The third-order valence-corrected chi connectivity index (χ3v) is 3.72. The molecule has 6 nitrogen and oxygen atoms in total. The van der Waals surface area contributed by atoms with Gasteiger partial charge in [0.2, 0.25) is 0 Å². The summed E-state index contributed by atoms with van der Waals surface area (Å²) >= 11 is 5.85. The Morgan fingerprint density at radius 3 is 2.92 bits per heavy atom. The van der Waals surface area contributed by atoms with Gasteiger partial charge < -0.3 is 10.1 Å². The molecule has 0 fully saturated rings. The van der Waals surface area contributed by atoms with Crippen molar-refractivity contribution in [3.05, 3.63) is 65.7 Å². The lowest BCUT2D eigenvalue weighted by molar-refractivity contribution is 0.0942. The molecular weight excluding hydrogens is 340 g/mol. The average Bonchev–Trinajstić information content (AvgIpc) is 3.05. The normalized spacial score (nSPS) is 10.5. The molecule has 0 atom stereocenters. The van der Waals surface area contributed by atoms with Crippen molar-refractivity contribution in [1.29, 1.82) is 0 Å². The Morgan fingerprint density at radius 2 is 2.16 bits per heavy atom. The molecule has 7 heteroatoms. The molecule has 0 unspecified atom stereocenters. The third-order valence-electron chi connectivity index (χ3n) is 3.48. The Labute approximate surface area is 150 Å². The molecule has 3 aromatic rings. The van der Waals surface area contributed by atoms with Crippen LogP contribution < -0.4 is 10.1 Å². The molecule has 0 saturated heterocycles.